The van der Waals surface area contributed by atoms with Crippen molar-refractivity contribution < 1.29 is 4.79 Å². The molecule has 0 radical (unpaired) electrons. The Morgan fingerprint density at radius 1 is 1.18 bits per heavy atom. The van der Waals surface area contributed by atoms with Crippen LogP contribution in [-0.4, -0.2) is 26.7 Å². The van der Waals surface area contributed by atoms with Crippen LogP contribution in [0.2, 0.25) is 0 Å². The van der Waals surface area contributed by atoms with Gasteiger partial charge in [-0.15, -0.1) is 11.3 Å². The number of carbonyl (C=O) groups excluding carboxylic acids is 1. The minimum atomic E-state index is -0.122. The van der Waals surface area contributed by atoms with Crippen molar-refractivity contribution in [1.29, 1.82) is 0 Å². The first-order chi connectivity index (χ1) is 13.6. The number of nitrogens with one attached hydrogen (secondary N) is 1. The zero-order chi connectivity index (χ0) is 18.9. The number of hydrogen-bond donors (Lipinski definition) is 1. The predicted molar refractivity (Wildman–Crippen MR) is 114 cm³/mol. The molecule has 0 unspecified atom stereocenters. The van der Waals surface area contributed by atoms with Gasteiger partial charge < -0.3 is 5.32 Å². The number of aryl methyl sites for hydroxylation is 2. The average Bonchev–Trinajstić information content (AvgIpc) is 3.21. The summed E-state index contributed by atoms with van der Waals surface area (Å²) in [6.45, 7) is 2.04. The Bertz CT molecular complexity index is 917. The van der Waals surface area contributed by atoms with Gasteiger partial charge in [-0.1, -0.05) is 11.8 Å². The number of hydrogen-bond acceptors (Lipinski definition) is 5. The fourth-order valence-electron chi connectivity index (χ4n) is 6.84. The number of amides is 1. The van der Waals surface area contributed by atoms with Crippen molar-refractivity contribution in [2.75, 3.05) is 0 Å². The van der Waals surface area contributed by atoms with Crippen LogP contribution in [-0.2, 0) is 17.6 Å². The monoisotopic (exact) mass is 413 g/mol. The van der Waals surface area contributed by atoms with Crippen molar-refractivity contribution in [3.63, 3.8) is 0 Å². The topological polar surface area (TPSA) is 54.9 Å². The van der Waals surface area contributed by atoms with E-state index in [9.17, 15) is 4.79 Å². The minimum Gasteiger partial charge on any atom is -0.350 e. The van der Waals surface area contributed by atoms with Crippen LogP contribution in [0.5, 0.6) is 0 Å². The average molecular weight is 414 g/mol. The number of thioether (sulfide) groups is 1. The zero-order valence-electron chi connectivity index (χ0n) is 16.4. The molecule has 4 fully saturated rings. The second-order valence-corrected chi connectivity index (χ2v) is 12.1. The van der Waals surface area contributed by atoms with Gasteiger partial charge in [0.2, 0.25) is 5.91 Å². The molecule has 1 atom stereocenters. The first-order valence-electron chi connectivity index (χ1n) is 10.8. The summed E-state index contributed by atoms with van der Waals surface area (Å²) >= 11 is 3.44. The van der Waals surface area contributed by atoms with Gasteiger partial charge in [0.1, 0.15) is 16.2 Å². The SMILES string of the molecule is C[C@H](Sc1ncnc2sc3c(c12)CCC3)C(=O)NC12CC3CC(CC(C3)C1)C2. The quantitative estimate of drug-likeness (QED) is 0.581. The van der Waals surface area contributed by atoms with Crippen molar-refractivity contribution >= 4 is 39.2 Å². The minimum absolute atomic E-state index is 0.0886. The maximum absolute atomic E-state index is 13.2. The summed E-state index contributed by atoms with van der Waals surface area (Å²) in [5.74, 6) is 2.75. The van der Waals surface area contributed by atoms with Gasteiger partial charge in [0.25, 0.3) is 0 Å². The van der Waals surface area contributed by atoms with Crippen molar-refractivity contribution in [1.82, 2.24) is 15.3 Å². The molecule has 28 heavy (non-hydrogen) atoms. The number of rotatable bonds is 4. The van der Waals surface area contributed by atoms with Crippen LogP contribution in [0, 0.1) is 17.8 Å². The molecule has 1 amide bonds. The summed E-state index contributed by atoms with van der Waals surface area (Å²) in [6, 6.07) is 0. The van der Waals surface area contributed by atoms with Gasteiger partial charge in [-0.05, 0) is 88.0 Å². The van der Waals surface area contributed by atoms with E-state index in [-0.39, 0.29) is 16.7 Å². The molecule has 0 saturated heterocycles. The molecule has 4 saturated carbocycles. The molecular weight excluding hydrogens is 386 g/mol. The lowest BCUT2D eigenvalue weighted by atomic mass is 9.53. The van der Waals surface area contributed by atoms with Crippen molar-refractivity contribution in [3.8, 4) is 0 Å². The summed E-state index contributed by atoms with van der Waals surface area (Å²) < 4.78 is 0. The smallest absolute Gasteiger partial charge is 0.233 e. The molecule has 148 valence electrons. The summed E-state index contributed by atoms with van der Waals surface area (Å²) in [6.07, 6.45) is 13.0. The highest BCUT2D eigenvalue weighted by molar-refractivity contribution is 8.00. The fourth-order valence-corrected chi connectivity index (χ4v) is 9.08. The maximum atomic E-state index is 13.2. The van der Waals surface area contributed by atoms with Gasteiger partial charge in [0, 0.05) is 15.8 Å². The lowest BCUT2D eigenvalue weighted by Crippen LogP contribution is -2.60. The van der Waals surface area contributed by atoms with Gasteiger partial charge in [-0.2, -0.15) is 0 Å². The Morgan fingerprint density at radius 2 is 1.89 bits per heavy atom. The molecule has 0 aliphatic heterocycles. The number of fused-ring (bicyclic) bond motifs is 3. The van der Waals surface area contributed by atoms with E-state index in [2.05, 4.69) is 15.3 Å². The number of nitrogens with zero attached hydrogens (tertiary/aromatic N) is 2. The van der Waals surface area contributed by atoms with Crippen LogP contribution in [0.1, 0.15) is 62.3 Å². The van der Waals surface area contributed by atoms with E-state index in [4.69, 9.17) is 0 Å². The van der Waals surface area contributed by atoms with Gasteiger partial charge in [-0.25, -0.2) is 9.97 Å². The molecule has 2 heterocycles. The number of thiophene rings is 1. The lowest BCUT2D eigenvalue weighted by molar-refractivity contribution is -0.126. The third kappa shape index (κ3) is 2.82. The van der Waals surface area contributed by atoms with Crippen LogP contribution in [0.4, 0.5) is 0 Å². The van der Waals surface area contributed by atoms with Crippen LogP contribution in [0.15, 0.2) is 11.4 Å². The van der Waals surface area contributed by atoms with E-state index in [1.54, 1.807) is 18.1 Å². The molecule has 5 aliphatic carbocycles. The highest BCUT2D eigenvalue weighted by Crippen LogP contribution is 2.55. The normalized spacial score (nSPS) is 34.0. The Hall–Kier alpha value is -1.14. The Balaban J connectivity index is 1.22. The largest absolute Gasteiger partial charge is 0.350 e. The summed E-state index contributed by atoms with van der Waals surface area (Å²) in [4.78, 5) is 24.8. The first-order valence-corrected chi connectivity index (χ1v) is 12.5. The molecule has 0 spiro atoms. The fraction of sp³-hybridized carbons (Fsp3) is 0.682. The van der Waals surface area contributed by atoms with Crippen LogP contribution in [0.3, 0.4) is 0 Å². The predicted octanol–water partition coefficient (Wildman–Crippen LogP) is 4.75. The lowest BCUT2D eigenvalue weighted by Gasteiger charge is -2.57. The van der Waals surface area contributed by atoms with E-state index in [1.165, 1.54) is 67.2 Å². The molecule has 6 heteroatoms. The van der Waals surface area contributed by atoms with Crippen molar-refractivity contribution in [3.05, 3.63) is 16.8 Å². The Kier molecular flexibility index (Phi) is 4.06. The Labute approximate surface area is 174 Å². The molecule has 4 bridgehead atoms. The first kappa shape index (κ1) is 17.7. The third-order valence-electron chi connectivity index (χ3n) is 7.55. The maximum Gasteiger partial charge on any atom is 0.233 e. The standard InChI is InChI=1S/C22H27N3OS2/c1-12(19(26)25-22-8-13-5-14(9-22)7-15(6-13)10-22)27-20-18-16-3-2-4-17(16)28-21(18)24-11-23-20/h11-15H,2-10H2,1H3,(H,25,26)/t12-,13?,14?,15?,22?/m0/s1. The molecule has 2 aromatic heterocycles. The van der Waals surface area contributed by atoms with E-state index in [0.717, 1.165) is 34.0 Å². The molecule has 1 N–H and O–H groups in total. The summed E-state index contributed by atoms with van der Waals surface area (Å²) in [5, 5.41) is 5.64. The molecule has 2 aromatic rings. The molecule has 7 rings (SSSR count). The zero-order valence-corrected chi connectivity index (χ0v) is 18.0. The van der Waals surface area contributed by atoms with Crippen molar-refractivity contribution in [2.45, 2.75) is 80.5 Å². The Morgan fingerprint density at radius 3 is 2.61 bits per heavy atom. The second kappa shape index (κ2) is 6.43. The summed E-state index contributed by atoms with van der Waals surface area (Å²) in [7, 11) is 0. The van der Waals surface area contributed by atoms with E-state index < -0.39 is 0 Å². The van der Waals surface area contributed by atoms with E-state index >= 15 is 0 Å². The van der Waals surface area contributed by atoms with Crippen LogP contribution < -0.4 is 5.32 Å². The van der Waals surface area contributed by atoms with Gasteiger partial charge in [0.05, 0.1) is 5.25 Å². The highest BCUT2D eigenvalue weighted by Gasteiger charge is 2.51. The second-order valence-electron chi connectivity index (χ2n) is 9.66. The van der Waals surface area contributed by atoms with Gasteiger partial charge in [0.15, 0.2) is 0 Å². The number of aromatic nitrogens is 2. The van der Waals surface area contributed by atoms with Crippen LogP contribution in [0.25, 0.3) is 10.2 Å². The molecular formula is C22H27N3OS2. The van der Waals surface area contributed by atoms with Crippen molar-refractivity contribution in [2.24, 2.45) is 17.8 Å². The molecule has 0 aromatic carbocycles. The van der Waals surface area contributed by atoms with Gasteiger partial charge in [-0.3, -0.25) is 4.79 Å². The molecule has 4 nitrogen and oxygen atoms in total. The van der Waals surface area contributed by atoms with Gasteiger partial charge >= 0.3 is 0 Å². The third-order valence-corrected chi connectivity index (χ3v) is 9.85. The highest BCUT2D eigenvalue weighted by atomic mass is 32.2. The number of carbonyl (C=O) groups is 1. The summed E-state index contributed by atoms with van der Waals surface area (Å²) in [5.41, 5.74) is 1.53. The van der Waals surface area contributed by atoms with E-state index in [0.29, 0.717) is 0 Å². The van der Waals surface area contributed by atoms with Crippen LogP contribution >= 0.6 is 23.1 Å². The van der Waals surface area contributed by atoms with E-state index in [1.807, 2.05) is 18.3 Å². The molecule has 5 aliphatic rings.